The predicted molar refractivity (Wildman–Crippen MR) is 110 cm³/mol. The van der Waals surface area contributed by atoms with E-state index in [1.54, 1.807) is 12.1 Å². The lowest BCUT2D eigenvalue weighted by Crippen LogP contribution is -2.40. The Morgan fingerprint density at radius 2 is 2.00 bits per heavy atom. The minimum atomic E-state index is -0.984. The van der Waals surface area contributed by atoms with Gasteiger partial charge in [0.15, 0.2) is 6.10 Å². The van der Waals surface area contributed by atoms with Gasteiger partial charge >= 0.3 is 5.97 Å². The predicted octanol–water partition coefficient (Wildman–Crippen LogP) is 3.91. The van der Waals surface area contributed by atoms with Crippen LogP contribution in [0, 0.1) is 5.82 Å². The Morgan fingerprint density at radius 1 is 1.23 bits per heavy atom. The zero-order valence-electron chi connectivity index (χ0n) is 17.0. The smallest absolute Gasteiger partial charge is 0.351 e. The monoisotopic (exact) mass is 412 g/mol. The second kappa shape index (κ2) is 10.0. The standard InChI is InChI=1S/C23H25FN2O4/c1-3-8-19(16-9-5-4-6-10-16)25-22(27)15(2)29-23(28)21-14-20(26-30-21)17-11-7-12-18(24)13-17/h4-7,9-13,15,19,21H,3,8,14H2,1-2H3,(H,25,27). The Bertz CT molecular complexity index is 916. The van der Waals surface area contributed by atoms with E-state index in [-0.39, 0.29) is 18.4 Å². The topological polar surface area (TPSA) is 77.0 Å². The highest BCUT2D eigenvalue weighted by atomic mass is 19.1. The number of ether oxygens (including phenoxy) is 1. The van der Waals surface area contributed by atoms with E-state index < -0.39 is 24.0 Å². The maximum Gasteiger partial charge on any atom is 0.351 e. The van der Waals surface area contributed by atoms with Crippen molar-refractivity contribution in [1.29, 1.82) is 0 Å². The van der Waals surface area contributed by atoms with Gasteiger partial charge in [-0.15, -0.1) is 0 Å². The van der Waals surface area contributed by atoms with Crippen LogP contribution in [-0.2, 0) is 19.2 Å². The first-order chi connectivity index (χ1) is 14.5. The van der Waals surface area contributed by atoms with Gasteiger partial charge in [-0.25, -0.2) is 9.18 Å². The van der Waals surface area contributed by atoms with Crippen molar-refractivity contribution in [1.82, 2.24) is 5.32 Å². The van der Waals surface area contributed by atoms with Gasteiger partial charge in [0.05, 0.1) is 11.8 Å². The summed E-state index contributed by atoms with van der Waals surface area (Å²) < 4.78 is 18.7. The van der Waals surface area contributed by atoms with Crippen molar-refractivity contribution in [2.24, 2.45) is 5.16 Å². The number of nitrogens with one attached hydrogen (secondary N) is 1. The van der Waals surface area contributed by atoms with E-state index in [1.165, 1.54) is 19.1 Å². The quantitative estimate of drug-likeness (QED) is 0.667. The van der Waals surface area contributed by atoms with Crippen LogP contribution in [0.2, 0.25) is 0 Å². The second-order valence-corrected chi connectivity index (χ2v) is 7.19. The summed E-state index contributed by atoms with van der Waals surface area (Å²) >= 11 is 0. The van der Waals surface area contributed by atoms with Gasteiger partial charge in [-0.3, -0.25) is 4.79 Å². The first kappa shape index (κ1) is 21.5. The molecular weight excluding hydrogens is 387 g/mol. The van der Waals surface area contributed by atoms with Crippen LogP contribution in [0.1, 0.15) is 50.3 Å². The Kier molecular flexibility index (Phi) is 7.17. The van der Waals surface area contributed by atoms with E-state index in [0.29, 0.717) is 11.3 Å². The van der Waals surface area contributed by atoms with Crippen LogP contribution in [0.3, 0.4) is 0 Å². The van der Waals surface area contributed by atoms with Gasteiger partial charge in [0.2, 0.25) is 6.10 Å². The van der Waals surface area contributed by atoms with Gasteiger partial charge in [-0.1, -0.05) is 61.0 Å². The van der Waals surface area contributed by atoms with Crippen molar-refractivity contribution >= 4 is 17.6 Å². The fraction of sp³-hybridized carbons (Fsp3) is 0.348. The highest BCUT2D eigenvalue weighted by Gasteiger charge is 2.33. The van der Waals surface area contributed by atoms with Crippen LogP contribution in [0.5, 0.6) is 0 Å². The maximum atomic E-state index is 13.4. The normalized spacial score (nSPS) is 17.4. The number of halogens is 1. The molecule has 1 heterocycles. The molecule has 7 heteroatoms. The Balaban J connectivity index is 1.54. The zero-order chi connectivity index (χ0) is 21.5. The molecule has 1 aliphatic rings. The van der Waals surface area contributed by atoms with Crippen molar-refractivity contribution in [3.8, 4) is 0 Å². The molecule has 0 radical (unpaired) electrons. The number of hydrogen-bond donors (Lipinski definition) is 1. The highest BCUT2D eigenvalue weighted by Crippen LogP contribution is 2.20. The largest absolute Gasteiger partial charge is 0.450 e. The number of oxime groups is 1. The number of carbonyl (C=O) groups is 2. The van der Waals surface area contributed by atoms with Crippen LogP contribution in [0.4, 0.5) is 4.39 Å². The summed E-state index contributed by atoms with van der Waals surface area (Å²) in [5, 5.41) is 6.81. The van der Waals surface area contributed by atoms with E-state index in [0.717, 1.165) is 18.4 Å². The first-order valence-electron chi connectivity index (χ1n) is 10.0. The number of hydrogen-bond acceptors (Lipinski definition) is 5. The molecule has 0 saturated heterocycles. The zero-order valence-corrected chi connectivity index (χ0v) is 17.0. The molecule has 2 aromatic rings. The average molecular weight is 412 g/mol. The summed E-state index contributed by atoms with van der Waals surface area (Å²) in [5.41, 5.74) is 2.00. The average Bonchev–Trinajstić information content (AvgIpc) is 3.24. The number of rotatable bonds is 8. The lowest BCUT2D eigenvalue weighted by molar-refractivity contribution is -0.164. The molecule has 6 nitrogen and oxygen atoms in total. The SMILES string of the molecule is CCCC(NC(=O)C(C)OC(=O)C1CC(c2cccc(F)c2)=NO1)c1ccccc1. The molecule has 0 bridgehead atoms. The Morgan fingerprint density at radius 3 is 2.70 bits per heavy atom. The van der Waals surface area contributed by atoms with Crippen LogP contribution >= 0.6 is 0 Å². The van der Waals surface area contributed by atoms with Gasteiger partial charge in [-0.2, -0.15) is 0 Å². The summed E-state index contributed by atoms with van der Waals surface area (Å²) in [6.45, 7) is 3.56. The van der Waals surface area contributed by atoms with Crippen molar-refractivity contribution in [2.75, 3.05) is 0 Å². The fourth-order valence-corrected chi connectivity index (χ4v) is 3.23. The van der Waals surface area contributed by atoms with E-state index in [1.807, 2.05) is 37.3 Å². The molecule has 0 fully saturated rings. The molecule has 3 unspecified atom stereocenters. The van der Waals surface area contributed by atoms with Crippen molar-refractivity contribution in [3.63, 3.8) is 0 Å². The lowest BCUT2D eigenvalue weighted by Gasteiger charge is -2.21. The number of nitrogens with zero attached hydrogens (tertiary/aromatic N) is 1. The van der Waals surface area contributed by atoms with Gasteiger partial charge in [0.1, 0.15) is 5.82 Å². The summed E-state index contributed by atoms with van der Waals surface area (Å²) in [6, 6.07) is 15.4. The molecular formula is C23H25FN2O4. The third-order valence-electron chi connectivity index (χ3n) is 4.85. The molecule has 2 aromatic carbocycles. The van der Waals surface area contributed by atoms with Crippen molar-refractivity contribution in [3.05, 3.63) is 71.5 Å². The first-order valence-corrected chi connectivity index (χ1v) is 10.0. The van der Waals surface area contributed by atoms with E-state index in [4.69, 9.17) is 9.57 Å². The van der Waals surface area contributed by atoms with Gasteiger partial charge in [-0.05, 0) is 31.0 Å². The molecule has 0 aliphatic carbocycles. The van der Waals surface area contributed by atoms with Crippen LogP contribution < -0.4 is 5.32 Å². The van der Waals surface area contributed by atoms with Crippen molar-refractivity contribution in [2.45, 2.75) is 51.4 Å². The Labute approximate surface area is 175 Å². The van der Waals surface area contributed by atoms with Crippen LogP contribution in [-0.4, -0.2) is 29.8 Å². The summed E-state index contributed by atoms with van der Waals surface area (Å²) in [4.78, 5) is 30.1. The summed E-state index contributed by atoms with van der Waals surface area (Å²) in [7, 11) is 0. The summed E-state index contributed by atoms with van der Waals surface area (Å²) in [5.74, 6) is -1.46. The molecule has 3 rings (SSSR count). The maximum absolute atomic E-state index is 13.4. The molecule has 0 spiro atoms. The number of amides is 1. The molecule has 1 aliphatic heterocycles. The van der Waals surface area contributed by atoms with Crippen molar-refractivity contribution < 1.29 is 23.6 Å². The lowest BCUT2D eigenvalue weighted by atomic mass is 10.0. The molecule has 1 amide bonds. The van der Waals surface area contributed by atoms with Gasteiger partial charge in [0.25, 0.3) is 5.91 Å². The summed E-state index contributed by atoms with van der Waals surface area (Å²) in [6.07, 6.45) is -0.127. The van der Waals surface area contributed by atoms with Crippen LogP contribution in [0.15, 0.2) is 59.8 Å². The number of esters is 1. The molecule has 3 atom stereocenters. The third-order valence-corrected chi connectivity index (χ3v) is 4.85. The molecule has 1 N–H and O–H groups in total. The van der Waals surface area contributed by atoms with E-state index in [2.05, 4.69) is 10.5 Å². The molecule has 0 aromatic heterocycles. The van der Waals surface area contributed by atoms with E-state index in [9.17, 15) is 14.0 Å². The minimum absolute atomic E-state index is 0.152. The van der Waals surface area contributed by atoms with Gasteiger partial charge < -0.3 is 14.9 Å². The number of carbonyl (C=O) groups excluding carboxylic acids is 2. The van der Waals surface area contributed by atoms with Crippen LogP contribution in [0.25, 0.3) is 0 Å². The minimum Gasteiger partial charge on any atom is -0.450 e. The molecule has 0 saturated carbocycles. The highest BCUT2D eigenvalue weighted by molar-refractivity contribution is 6.03. The fourth-order valence-electron chi connectivity index (χ4n) is 3.23. The van der Waals surface area contributed by atoms with E-state index >= 15 is 0 Å². The number of benzene rings is 2. The third kappa shape index (κ3) is 5.43. The molecule has 158 valence electrons. The molecule has 30 heavy (non-hydrogen) atoms. The Hall–Kier alpha value is -3.22. The van der Waals surface area contributed by atoms with Gasteiger partial charge in [0, 0.05) is 12.0 Å². The second-order valence-electron chi connectivity index (χ2n) is 7.19.